The van der Waals surface area contributed by atoms with Gasteiger partial charge in [-0.1, -0.05) is 42.5 Å². The van der Waals surface area contributed by atoms with Crippen LogP contribution in [0.25, 0.3) is 22.4 Å². The van der Waals surface area contributed by atoms with E-state index in [1.807, 2.05) is 54.6 Å². The fourth-order valence-electron chi connectivity index (χ4n) is 2.21. The molecule has 2 heterocycles. The summed E-state index contributed by atoms with van der Waals surface area (Å²) in [5, 5.41) is 3.14. The highest BCUT2D eigenvalue weighted by Gasteiger charge is 2.13. The second-order valence-corrected chi connectivity index (χ2v) is 5.74. The summed E-state index contributed by atoms with van der Waals surface area (Å²) in [4.78, 5) is 25.2. The van der Waals surface area contributed by atoms with E-state index in [9.17, 15) is 4.79 Å². The van der Waals surface area contributed by atoms with Gasteiger partial charge < -0.3 is 0 Å². The van der Waals surface area contributed by atoms with Crippen molar-refractivity contribution in [3.8, 4) is 11.4 Å². The van der Waals surface area contributed by atoms with Gasteiger partial charge >= 0.3 is 0 Å². The fourth-order valence-corrected chi connectivity index (χ4v) is 2.79. The van der Waals surface area contributed by atoms with E-state index >= 15 is 0 Å². The Labute approximate surface area is 141 Å². The minimum atomic E-state index is -0.357. The number of nitrogens with one attached hydrogen (secondary N) is 1. The van der Waals surface area contributed by atoms with Crippen molar-refractivity contribution in [2.24, 2.45) is 0 Å². The molecule has 116 valence electrons. The van der Waals surface area contributed by atoms with Gasteiger partial charge in [0.1, 0.15) is 5.69 Å². The molecule has 0 radical (unpaired) electrons. The van der Waals surface area contributed by atoms with E-state index in [1.54, 1.807) is 0 Å². The Morgan fingerprint density at radius 2 is 1.67 bits per heavy atom. The summed E-state index contributed by atoms with van der Waals surface area (Å²) >= 11 is 1.13. The Kier molecular flexibility index (Phi) is 3.68. The number of amides is 1. The van der Waals surface area contributed by atoms with Crippen LogP contribution in [0, 0.1) is 0 Å². The van der Waals surface area contributed by atoms with Crippen LogP contribution in [0.5, 0.6) is 0 Å². The van der Waals surface area contributed by atoms with Gasteiger partial charge in [-0.3, -0.25) is 15.1 Å². The lowest BCUT2D eigenvalue weighted by Crippen LogP contribution is -2.14. The second-order valence-electron chi connectivity index (χ2n) is 4.99. The van der Waals surface area contributed by atoms with E-state index in [-0.39, 0.29) is 11.6 Å². The van der Waals surface area contributed by atoms with Crippen molar-refractivity contribution in [3.05, 3.63) is 66.5 Å². The Hall–Kier alpha value is -3.19. The molecule has 0 bridgehead atoms. The molecule has 0 atom stereocenters. The van der Waals surface area contributed by atoms with Crippen LogP contribution in [0.4, 0.5) is 5.13 Å². The van der Waals surface area contributed by atoms with E-state index in [1.165, 1.54) is 6.20 Å². The van der Waals surface area contributed by atoms with Crippen LogP contribution in [-0.2, 0) is 0 Å². The molecule has 4 aromatic rings. The molecule has 1 N–H and O–H groups in total. The molecule has 2 aromatic carbocycles. The van der Waals surface area contributed by atoms with E-state index in [0.717, 1.165) is 22.6 Å². The summed E-state index contributed by atoms with van der Waals surface area (Å²) in [6.07, 6.45) is 1.46. The van der Waals surface area contributed by atoms with Gasteiger partial charge in [-0.25, -0.2) is 4.98 Å². The molecule has 0 fully saturated rings. The average Bonchev–Trinajstić information content (AvgIpc) is 3.10. The summed E-state index contributed by atoms with van der Waals surface area (Å²) in [6.45, 7) is 0. The standard InChI is InChI=1S/C17H11N5OS/c23-16(14-10-18-12-8-4-5-9-13(12)19-14)21-17-20-15(22-24-17)11-6-2-1-3-7-11/h1-10H,(H,20,21,22,23). The monoisotopic (exact) mass is 333 g/mol. The first-order valence-electron chi connectivity index (χ1n) is 7.22. The van der Waals surface area contributed by atoms with E-state index in [4.69, 9.17) is 0 Å². The van der Waals surface area contributed by atoms with Crippen LogP contribution < -0.4 is 5.32 Å². The van der Waals surface area contributed by atoms with Gasteiger partial charge in [0.05, 0.1) is 17.2 Å². The maximum atomic E-state index is 12.3. The summed E-state index contributed by atoms with van der Waals surface area (Å²) in [5.74, 6) is 0.226. The molecule has 4 rings (SSSR count). The normalized spacial score (nSPS) is 10.7. The smallest absolute Gasteiger partial charge is 0.277 e. The van der Waals surface area contributed by atoms with E-state index in [2.05, 4.69) is 24.6 Å². The third-order valence-electron chi connectivity index (χ3n) is 3.36. The van der Waals surface area contributed by atoms with Gasteiger partial charge in [0.15, 0.2) is 5.82 Å². The van der Waals surface area contributed by atoms with Crippen molar-refractivity contribution in [3.63, 3.8) is 0 Å². The van der Waals surface area contributed by atoms with Crippen molar-refractivity contribution in [2.45, 2.75) is 0 Å². The van der Waals surface area contributed by atoms with Crippen molar-refractivity contribution in [1.82, 2.24) is 19.3 Å². The molecule has 0 saturated carbocycles. The molecular formula is C17H11N5OS. The van der Waals surface area contributed by atoms with Gasteiger partial charge in [0, 0.05) is 17.1 Å². The number of aromatic nitrogens is 4. The predicted octanol–water partition coefficient (Wildman–Crippen LogP) is 3.40. The minimum absolute atomic E-state index is 0.241. The van der Waals surface area contributed by atoms with Crippen LogP contribution in [0.1, 0.15) is 10.5 Å². The highest BCUT2D eigenvalue weighted by Crippen LogP contribution is 2.21. The molecule has 1 amide bonds. The number of hydrogen-bond donors (Lipinski definition) is 1. The topological polar surface area (TPSA) is 80.7 Å². The number of nitrogens with zero attached hydrogens (tertiary/aromatic N) is 4. The SMILES string of the molecule is O=C(Nc1nc(-c2ccccc2)ns1)c1cnc2ccccc2n1. The largest absolute Gasteiger partial charge is 0.295 e. The molecule has 0 saturated heterocycles. The zero-order chi connectivity index (χ0) is 16.4. The predicted molar refractivity (Wildman–Crippen MR) is 92.8 cm³/mol. The summed E-state index contributed by atoms with van der Waals surface area (Å²) < 4.78 is 4.26. The summed E-state index contributed by atoms with van der Waals surface area (Å²) in [5.41, 5.74) is 2.56. The first kappa shape index (κ1) is 14.4. The molecule has 6 nitrogen and oxygen atoms in total. The van der Waals surface area contributed by atoms with Gasteiger partial charge in [-0.15, -0.1) is 0 Å². The molecule has 0 aliphatic carbocycles. The molecule has 0 spiro atoms. The number of para-hydroxylation sites is 2. The number of carbonyl (C=O) groups is 1. The zero-order valence-electron chi connectivity index (χ0n) is 12.4. The molecule has 0 unspecified atom stereocenters. The lowest BCUT2D eigenvalue weighted by Gasteiger charge is -2.01. The van der Waals surface area contributed by atoms with Crippen molar-refractivity contribution in [2.75, 3.05) is 5.32 Å². The van der Waals surface area contributed by atoms with Crippen molar-refractivity contribution in [1.29, 1.82) is 0 Å². The Balaban J connectivity index is 1.56. The minimum Gasteiger partial charge on any atom is -0.295 e. The van der Waals surface area contributed by atoms with Crippen LogP contribution in [0.15, 0.2) is 60.8 Å². The van der Waals surface area contributed by atoms with Gasteiger partial charge in [-0.05, 0) is 12.1 Å². The quantitative estimate of drug-likeness (QED) is 0.621. The number of carbonyl (C=O) groups excluding carboxylic acids is 1. The Bertz CT molecular complexity index is 1020. The fraction of sp³-hybridized carbons (Fsp3) is 0. The highest BCUT2D eigenvalue weighted by atomic mass is 32.1. The molecule has 0 aliphatic rings. The van der Waals surface area contributed by atoms with Crippen LogP contribution in [0.3, 0.4) is 0 Å². The maximum Gasteiger partial charge on any atom is 0.277 e. The van der Waals surface area contributed by atoms with Crippen molar-refractivity contribution < 1.29 is 4.79 Å². The maximum absolute atomic E-state index is 12.3. The molecule has 24 heavy (non-hydrogen) atoms. The summed E-state index contributed by atoms with van der Waals surface area (Å²) in [6, 6.07) is 17.0. The third kappa shape index (κ3) is 2.84. The van der Waals surface area contributed by atoms with Gasteiger partial charge in [-0.2, -0.15) is 9.36 Å². The number of hydrogen-bond acceptors (Lipinski definition) is 6. The van der Waals surface area contributed by atoms with E-state index < -0.39 is 0 Å². The lowest BCUT2D eigenvalue weighted by atomic mass is 10.2. The van der Waals surface area contributed by atoms with Gasteiger partial charge in [0.25, 0.3) is 5.91 Å². The second kappa shape index (κ2) is 6.13. The first-order valence-corrected chi connectivity index (χ1v) is 7.99. The Morgan fingerprint density at radius 1 is 0.917 bits per heavy atom. The van der Waals surface area contributed by atoms with Crippen molar-refractivity contribution >= 4 is 33.6 Å². The number of fused-ring (bicyclic) bond motifs is 1. The molecule has 0 aliphatic heterocycles. The lowest BCUT2D eigenvalue weighted by molar-refractivity contribution is 0.102. The first-order chi connectivity index (χ1) is 11.8. The van der Waals surface area contributed by atoms with Gasteiger partial charge in [0.2, 0.25) is 5.13 Å². The van der Waals surface area contributed by atoms with E-state index in [0.29, 0.717) is 16.5 Å². The number of rotatable bonds is 3. The highest BCUT2D eigenvalue weighted by molar-refractivity contribution is 7.10. The molecular weight excluding hydrogens is 322 g/mol. The average molecular weight is 333 g/mol. The molecule has 7 heteroatoms. The summed E-state index contributed by atoms with van der Waals surface area (Å²) in [7, 11) is 0. The third-order valence-corrected chi connectivity index (χ3v) is 3.99. The zero-order valence-corrected chi connectivity index (χ0v) is 13.2. The number of benzene rings is 2. The van der Waals surface area contributed by atoms with Crippen LogP contribution >= 0.6 is 11.5 Å². The van der Waals surface area contributed by atoms with Crippen LogP contribution in [0.2, 0.25) is 0 Å². The Morgan fingerprint density at radius 3 is 2.50 bits per heavy atom. The molecule has 2 aromatic heterocycles. The van der Waals surface area contributed by atoms with Crippen LogP contribution in [-0.4, -0.2) is 25.2 Å². The number of anilines is 1.